The summed E-state index contributed by atoms with van der Waals surface area (Å²) >= 11 is 0. The fraction of sp³-hybridized carbons (Fsp3) is 0.579. The summed E-state index contributed by atoms with van der Waals surface area (Å²) in [6, 6.07) is 9.74. The van der Waals surface area contributed by atoms with E-state index in [1.54, 1.807) is 0 Å². The van der Waals surface area contributed by atoms with Crippen molar-refractivity contribution in [1.82, 2.24) is 4.90 Å². The van der Waals surface area contributed by atoms with Crippen LogP contribution < -0.4 is 0 Å². The van der Waals surface area contributed by atoms with Gasteiger partial charge in [-0.3, -0.25) is 9.59 Å². The number of hydrogen-bond donors (Lipinski definition) is 1. The molecule has 1 saturated carbocycles. The van der Waals surface area contributed by atoms with Gasteiger partial charge in [-0.2, -0.15) is 0 Å². The maximum absolute atomic E-state index is 13.1. The highest BCUT2D eigenvalue weighted by molar-refractivity contribution is 5.85. The highest BCUT2D eigenvalue weighted by atomic mass is 16.4. The first-order valence-electron chi connectivity index (χ1n) is 8.64. The Hall–Kier alpha value is -1.84. The van der Waals surface area contributed by atoms with E-state index in [0.29, 0.717) is 13.1 Å². The molecule has 0 spiro atoms. The summed E-state index contributed by atoms with van der Waals surface area (Å²) in [5.74, 6) is -1.22. The van der Waals surface area contributed by atoms with Crippen LogP contribution in [0.25, 0.3) is 0 Å². The normalized spacial score (nSPS) is 26.4. The predicted molar refractivity (Wildman–Crippen MR) is 88.1 cm³/mol. The number of nitrogens with zero attached hydrogens (tertiary/aromatic N) is 1. The molecule has 23 heavy (non-hydrogen) atoms. The quantitative estimate of drug-likeness (QED) is 0.927. The van der Waals surface area contributed by atoms with E-state index in [1.165, 1.54) is 0 Å². The molecule has 1 saturated heterocycles. The molecule has 4 heteroatoms. The summed E-state index contributed by atoms with van der Waals surface area (Å²) < 4.78 is 0. The Balaban J connectivity index is 1.83. The Morgan fingerprint density at radius 2 is 1.83 bits per heavy atom. The average molecular weight is 315 g/mol. The standard InChI is InChI=1S/C19H25NO3/c1-2-19(10-6-7-11-19)18(23)20-12-15(16(13-20)17(21)22)14-8-4-3-5-9-14/h3-5,8-9,15-16H,2,6-7,10-13H2,1H3,(H,21,22). The van der Waals surface area contributed by atoms with Crippen molar-refractivity contribution in [2.45, 2.75) is 44.9 Å². The minimum Gasteiger partial charge on any atom is -0.481 e. The molecule has 0 radical (unpaired) electrons. The number of hydrogen-bond acceptors (Lipinski definition) is 2. The van der Waals surface area contributed by atoms with E-state index in [2.05, 4.69) is 6.92 Å². The third-order valence-electron chi connectivity index (χ3n) is 5.84. The van der Waals surface area contributed by atoms with E-state index in [-0.39, 0.29) is 17.2 Å². The number of aliphatic carboxylic acids is 1. The molecule has 4 nitrogen and oxygen atoms in total. The zero-order valence-electron chi connectivity index (χ0n) is 13.7. The summed E-state index contributed by atoms with van der Waals surface area (Å²) in [5.41, 5.74) is 0.779. The lowest BCUT2D eigenvalue weighted by Crippen LogP contribution is -2.41. The van der Waals surface area contributed by atoms with E-state index in [4.69, 9.17) is 0 Å². The summed E-state index contributed by atoms with van der Waals surface area (Å²) in [4.78, 5) is 26.6. The first kappa shape index (κ1) is 16.0. The SMILES string of the molecule is CCC1(C(=O)N2CC(C(=O)O)C(c3ccccc3)C2)CCCC1. The van der Waals surface area contributed by atoms with Gasteiger partial charge in [0.15, 0.2) is 0 Å². The second-order valence-corrected chi connectivity index (χ2v) is 7.01. The molecule has 124 valence electrons. The number of amides is 1. The first-order valence-corrected chi connectivity index (χ1v) is 8.64. The predicted octanol–water partition coefficient (Wildman–Crippen LogP) is 3.28. The number of carboxylic acids is 1. The maximum atomic E-state index is 13.1. The van der Waals surface area contributed by atoms with Crippen LogP contribution in [0.4, 0.5) is 0 Å². The molecule has 1 aromatic rings. The molecule has 1 amide bonds. The van der Waals surface area contributed by atoms with Crippen molar-refractivity contribution in [2.75, 3.05) is 13.1 Å². The Morgan fingerprint density at radius 1 is 1.17 bits per heavy atom. The fourth-order valence-electron chi connectivity index (χ4n) is 4.36. The maximum Gasteiger partial charge on any atom is 0.308 e. The molecular formula is C19H25NO3. The zero-order chi connectivity index (χ0) is 16.4. The van der Waals surface area contributed by atoms with Crippen molar-refractivity contribution in [3.8, 4) is 0 Å². The zero-order valence-corrected chi connectivity index (χ0v) is 13.7. The lowest BCUT2D eigenvalue weighted by Gasteiger charge is -2.31. The number of carbonyl (C=O) groups is 2. The van der Waals surface area contributed by atoms with Gasteiger partial charge in [0, 0.05) is 24.4 Å². The Morgan fingerprint density at radius 3 is 2.39 bits per heavy atom. The summed E-state index contributed by atoms with van der Waals surface area (Å²) in [6.07, 6.45) is 4.98. The largest absolute Gasteiger partial charge is 0.481 e. The van der Waals surface area contributed by atoms with Crippen molar-refractivity contribution in [1.29, 1.82) is 0 Å². The van der Waals surface area contributed by atoms with E-state index in [9.17, 15) is 14.7 Å². The van der Waals surface area contributed by atoms with E-state index in [1.807, 2.05) is 35.2 Å². The van der Waals surface area contributed by atoms with Crippen LogP contribution in [0, 0.1) is 11.3 Å². The Bertz CT molecular complexity index is 578. The van der Waals surface area contributed by atoms with Gasteiger partial charge in [0.2, 0.25) is 5.91 Å². The average Bonchev–Trinajstić information content (AvgIpc) is 3.23. The molecule has 3 rings (SSSR count). The molecule has 2 fully saturated rings. The minimum absolute atomic E-state index is 0.104. The summed E-state index contributed by atoms with van der Waals surface area (Å²) in [5, 5.41) is 9.59. The summed E-state index contributed by atoms with van der Waals surface area (Å²) in [6.45, 7) is 2.96. The molecule has 2 unspecified atom stereocenters. The van der Waals surface area contributed by atoms with Gasteiger partial charge in [0.1, 0.15) is 0 Å². The van der Waals surface area contributed by atoms with Gasteiger partial charge in [-0.05, 0) is 24.8 Å². The third-order valence-corrected chi connectivity index (χ3v) is 5.84. The van der Waals surface area contributed by atoms with Gasteiger partial charge in [-0.25, -0.2) is 0 Å². The monoisotopic (exact) mass is 315 g/mol. The molecule has 1 N–H and O–H groups in total. The Kier molecular flexibility index (Phi) is 4.42. The van der Waals surface area contributed by atoms with Crippen LogP contribution in [-0.4, -0.2) is 35.0 Å². The number of carbonyl (C=O) groups excluding carboxylic acids is 1. The molecule has 2 atom stereocenters. The van der Waals surface area contributed by atoms with Crippen molar-refractivity contribution < 1.29 is 14.7 Å². The van der Waals surface area contributed by atoms with Crippen molar-refractivity contribution in [3.05, 3.63) is 35.9 Å². The van der Waals surface area contributed by atoms with Gasteiger partial charge >= 0.3 is 5.97 Å². The van der Waals surface area contributed by atoms with Crippen molar-refractivity contribution in [2.24, 2.45) is 11.3 Å². The van der Waals surface area contributed by atoms with Gasteiger partial charge in [0.05, 0.1) is 5.92 Å². The number of carboxylic acid groups (broad SMARTS) is 1. The number of rotatable bonds is 4. The lowest BCUT2D eigenvalue weighted by molar-refractivity contribution is -0.143. The first-order chi connectivity index (χ1) is 11.1. The highest BCUT2D eigenvalue weighted by Gasteiger charge is 2.47. The molecule has 0 bridgehead atoms. The van der Waals surface area contributed by atoms with Crippen LogP contribution in [0.15, 0.2) is 30.3 Å². The molecule has 1 aliphatic carbocycles. The van der Waals surface area contributed by atoms with E-state index >= 15 is 0 Å². The molecule has 1 aromatic carbocycles. The van der Waals surface area contributed by atoms with Crippen molar-refractivity contribution >= 4 is 11.9 Å². The smallest absolute Gasteiger partial charge is 0.308 e. The minimum atomic E-state index is -0.800. The topological polar surface area (TPSA) is 57.6 Å². The van der Waals surface area contributed by atoms with Crippen LogP contribution in [0.5, 0.6) is 0 Å². The van der Waals surface area contributed by atoms with Gasteiger partial charge in [-0.15, -0.1) is 0 Å². The number of benzene rings is 1. The lowest BCUT2D eigenvalue weighted by atomic mass is 9.82. The number of likely N-dealkylation sites (tertiary alicyclic amines) is 1. The van der Waals surface area contributed by atoms with Crippen LogP contribution in [-0.2, 0) is 9.59 Å². The van der Waals surface area contributed by atoms with E-state index in [0.717, 1.165) is 37.7 Å². The highest BCUT2D eigenvalue weighted by Crippen LogP contribution is 2.44. The third kappa shape index (κ3) is 2.87. The van der Waals surface area contributed by atoms with Crippen LogP contribution in [0.1, 0.15) is 50.5 Å². The van der Waals surface area contributed by atoms with Gasteiger partial charge in [-0.1, -0.05) is 50.1 Å². The van der Waals surface area contributed by atoms with E-state index < -0.39 is 11.9 Å². The van der Waals surface area contributed by atoms with Crippen molar-refractivity contribution in [3.63, 3.8) is 0 Å². The van der Waals surface area contributed by atoms with Crippen LogP contribution >= 0.6 is 0 Å². The van der Waals surface area contributed by atoms with Crippen LogP contribution in [0.3, 0.4) is 0 Å². The summed E-state index contributed by atoms with van der Waals surface area (Å²) in [7, 11) is 0. The van der Waals surface area contributed by atoms with Crippen LogP contribution in [0.2, 0.25) is 0 Å². The molecule has 2 aliphatic rings. The van der Waals surface area contributed by atoms with Gasteiger partial charge < -0.3 is 10.0 Å². The fourth-order valence-corrected chi connectivity index (χ4v) is 4.36. The Labute approximate surface area is 137 Å². The molecular weight excluding hydrogens is 290 g/mol. The molecule has 0 aromatic heterocycles. The molecule has 1 aliphatic heterocycles. The molecule has 1 heterocycles. The van der Waals surface area contributed by atoms with Gasteiger partial charge in [0.25, 0.3) is 0 Å². The second-order valence-electron chi connectivity index (χ2n) is 7.01. The second kappa shape index (κ2) is 6.34.